The smallest absolute Gasteiger partial charge is 0.306 e. The summed E-state index contributed by atoms with van der Waals surface area (Å²) in [6.45, 7) is 3.90. The van der Waals surface area contributed by atoms with E-state index in [0.29, 0.717) is 17.3 Å². The average Bonchev–Trinajstić information content (AvgIpc) is 2.32. The number of para-hydroxylation sites is 1. The number of esters is 1. The fourth-order valence-electron chi connectivity index (χ4n) is 1.44. The highest BCUT2D eigenvalue weighted by molar-refractivity contribution is 6.33. The molecule has 0 aliphatic carbocycles. The summed E-state index contributed by atoms with van der Waals surface area (Å²) in [6.07, 6.45) is 0.159. The molecule has 0 aliphatic heterocycles. The summed E-state index contributed by atoms with van der Waals surface area (Å²) >= 11 is 5.98. The van der Waals surface area contributed by atoms with Crippen LogP contribution in [0.4, 0.5) is 5.69 Å². The number of aryl methyl sites for hydroxylation is 1. The lowest BCUT2D eigenvalue weighted by atomic mass is 10.2. The molecular weight excluding hydrogens is 254 g/mol. The quantitative estimate of drug-likeness (QED) is 0.836. The molecule has 1 aromatic carbocycles. The van der Waals surface area contributed by atoms with Gasteiger partial charge in [0.2, 0.25) is 5.91 Å². The first-order valence-corrected chi connectivity index (χ1v) is 6.13. The molecule has 18 heavy (non-hydrogen) atoms. The van der Waals surface area contributed by atoms with Crippen molar-refractivity contribution < 1.29 is 14.3 Å². The third kappa shape index (κ3) is 4.37. The van der Waals surface area contributed by atoms with Crippen molar-refractivity contribution >= 4 is 29.2 Å². The molecule has 0 heterocycles. The zero-order valence-electron chi connectivity index (χ0n) is 10.5. The summed E-state index contributed by atoms with van der Waals surface area (Å²) in [5, 5.41) is 3.18. The van der Waals surface area contributed by atoms with Crippen molar-refractivity contribution in [3.63, 3.8) is 0 Å². The van der Waals surface area contributed by atoms with Gasteiger partial charge in [0.1, 0.15) is 0 Å². The van der Waals surface area contributed by atoms with Gasteiger partial charge in [-0.05, 0) is 25.5 Å². The molecule has 0 unspecified atom stereocenters. The molecule has 0 radical (unpaired) electrons. The van der Waals surface area contributed by atoms with Crippen molar-refractivity contribution in [3.05, 3.63) is 28.8 Å². The fraction of sp³-hybridized carbons (Fsp3) is 0.385. The predicted octanol–water partition coefficient (Wildman–Crippen LogP) is 2.93. The standard InChI is InChI=1S/C13H16ClNO3/c1-3-18-12(17)8-7-11(16)15-13-9(2)5-4-6-10(13)14/h4-6H,3,7-8H2,1-2H3,(H,15,16). The maximum Gasteiger partial charge on any atom is 0.306 e. The summed E-state index contributed by atoms with van der Waals surface area (Å²) in [7, 11) is 0. The molecule has 0 spiro atoms. The molecule has 98 valence electrons. The lowest BCUT2D eigenvalue weighted by molar-refractivity contribution is -0.144. The Hall–Kier alpha value is -1.55. The number of ether oxygens (including phenoxy) is 1. The zero-order chi connectivity index (χ0) is 13.5. The van der Waals surface area contributed by atoms with Gasteiger partial charge in [-0.1, -0.05) is 23.7 Å². The van der Waals surface area contributed by atoms with Gasteiger partial charge in [0, 0.05) is 6.42 Å². The van der Waals surface area contributed by atoms with Crippen LogP contribution in [0, 0.1) is 6.92 Å². The second kappa shape index (κ2) is 7.01. The van der Waals surface area contributed by atoms with Crippen LogP contribution in [-0.2, 0) is 14.3 Å². The van der Waals surface area contributed by atoms with Crippen molar-refractivity contribution in [3.8, 4) is 0 Å². The van der Waals surface area contributed by atoms with Crippen LogP contribution in [0.2, 0.25) is 5.02 Å². The van der Waals surface area contributed by atoms with Gasteiger partial charge in [0.25, 0.3) is 0 Å². The van der Waals surface area contributed by atoms with E-state index in [-0.39, 0.29) is 24.7 Å². The van der Waals surface area contributed by atoms with Crippen LogP contribution in [-0.4, -0.2) is 18.5 Å². The first-order valence-electron chi connectivity index (χ1n) is 5.75. The number of halogens is 1. The molecule has 0 atom stereocenters. The lowest BCUT2D eigenvalue weighted by Gasteiger charge is -2.09. The van der Waals surface area contributed by atoms with Gasteiger partial charge in [-0.25, -0.2) is 0 Å². The average molecular weight is 270 g/mol. The number of rotatable bonds is 5. The second-order valence-electron chi connectivity index (χ2n) is 3.78. The molecule has 1 amide bonds. The van der Waals surface area contributed by atoms with E-state index in [4.69, 9.17) is 16.3 Å². The normalized spacial score (nSPS) is 9.94. The molecule has 0 saturated heterocycles. The predicted molar refractivity (Wildman–Crippen MR) is 70.7 cm³/mol. The number of nitrogens with one attached hydrogen (secondary N) is 1. The van der Waals surface area contributed by atoms with Crippen LogP contribution < -0.4 is 5.32 Å². The monoisotopic (exact) mass is 269 g/mol. The highest BCUT2D eigenvalue weighted by Gasteiger charge is 2.10. The Morgan fingerprint density at radius 1 is 1.33 bits per heavy atom. The van der Waals surface area contributed by atoms with Gasteiger partial charge in [0.15, 0.2) is 0 Å². The summed E-state index contributed by atoms with van der Waals surface area (Å²) in [4.78, 5) is 22.8. The van der Waals surface area contributed by atoms with Gasteiger partial charge < -0.3 is 10.1 Å². The Morgan fingerprint density at radius 2 is 2.06 bits per heavy atom. The maximum atomic E-state index is 11.6. The number of amides is 1. The molecule has 1 rings (SSSR count). The third-order valence-electron chi connectivity index (χ3n) is 2.35. The molecule has 1 aromatic rings. The molecule has 0 fully saturated rings. The van der Waals surface area contributed by atoms with Crippen LogP contribution in [0.1, 0.15) is 25.3 Å². The van der Waals surface area contributed by atoms with E-state index < -0.39 is 0 Å². The van der Waals surface area contributed by atoms with Crippen LogP contribution in [0.3, 0.4) is 0 Å². The minimum atomic E-state index is -0.372. The van der Waals surface area contributed by atoms with Gasteiger partial charge >= 0.3 is 5.97 Å². The van der Waals surface area contributed by atoms with Crippen LogP contribution in [0.25, 0.3) is 0 Å². The highest BCUT2D eigenvalue weighted by Crippen LogP contribution is 2.25. The van der Waals surface area contributed by atoms with Gasteiger partial charge in [0.05, 0.1) is 23.7 Å². The van der Waals surface area contributed by atoms with Crippen molar-refractivity contribution in [2.75, 3.05) is 11.9 Å². The largest absolute Gasteiger partial charge is 0.466 e. The number of hydrogen-bond acceptors (Lipinski definition) is 3. The Balaban J connectivity index is 2.52. The van der Waals surface area contributed by atoms with E-state index in [1.54, 1.807) is 13.0 Å². The van der Waals surface area contributed by atoms with Crippen LogP contribution >= 0.6 is 11.6 Å². The Kier molecular flexibility index (Phi) is 5.65. The number of carbonyl (C=O) groups is 2. The molecule has 0 aromatic heterocycles. The van der Waals surface area contributed by atoms with Gasteiger partial charge in [-0.3, -0.25) is 9.59 Å². The molecule has 1 N–H and O–H groups in total. The van der Waals surface area contributed by atoms with E-state index in [1.807, 2.05) is 19.1 Å². The lowest BCUT2D eigenvalue weighted by Crippen LogP contribution is -2.15. The summed E-state index contributed by atoms with van der Waals surface area (Å²) < 4.78 is 4.74. The van der Waals surface area contributed by atoms with E-state index in [0.717, 1.165) is 5.56 Å². The number of hydrogen-bond donors (Lipinski definition) is 1. The second-order valence-corrected chi connectivity index (χ2v) is 4.19. The first-order chi connectivity index (χ1) is 8.54. The summed E-state index contributed by atoms with van der Waals surface area (Å²) in [5.74, 6) is -0.622. The molecule has 0 aliphatic rings. The van der Waals surface area contributed by atoms with E-state index >= 15 is 0 Å². The number of benzene rings is 1. The van der Waals surface area contributed by atoms with Crippen LogP contribution in [0.5, 0.6) is 0 Å². The first kappa shape index (κ1) is 14.5. The maximum absolute atomic E-state index is 11.6. The Labute approximate surface area is 111 Å². The number of carbonyl (C=O) groups excluding carboxylic acids is 2. The van der Waals surface area contributed by atoms with E-state index in [9.17, 15) is 9.59 Å². The van der Waals surface area contributed by atoms with E-state index in [1.165, 1.54) is 0 Å². The topological polar surface area (TPSA) is 55.4 Å². The molecule has 0 bridgehead atoms. The molecule has 4 nitrogen and oxygen atoms in total. The molecule has 0 saturated carbocycles. The van der Waals surface area contributed by atoms with Crippen LogP contribution in [0.15, 0.2) is 18.2 Å². The minimum Gasteiger partial charge on any atom is -0.466 e. The van der Waals surface area contributed by atoms with E-state index in [2.05, 4.69) is 5.32 Å². The highest BCUT2D eigenvalue weighted by atomic mass is 35.5. The van der Waals surface area contributed by atoms with Crippen molar-refractivity contribution in [2.45, 2.75) is 26.7 Å². The fourth-order valence-corrected chi connectivity index (χ4v) is 1.71. The van der Waals surface area contributed by atoms with Gasteiger partial charge in [-0.15, -0.1) is 0 Å². The molecule has 5 heteroatoms. The zero-order valence-corrected chi connectivity index (χ0v) is 11.2. The van der Waals surface area contributed by atoms with Crippen molar-refractivity contribution in [1.29, 1.82) is 0 Å². The third-order valence-corrected chi connectivity index (χ3v) is 2.66. The minimum absolute atomic E-state index is 0.0726. The summed E-state index contributed by atoms with van der Waals surface area (Å²) in [5.41, 5.74) is 1.47. The SMILES string of the molecule is CCOC(=O)CCC(=O)Nc1c(C)cccc1Cl. The summed E-state index contributed by atoms with van der Waals surface area (Å²) in [6, 6.07) is 5.37. The number of anilines is 1. The Bertz CT molecular complexity index is 426. The van der Waals surface area contributed by atoms with Crippen molar-refractivity contribution in [1.82, 2.24) is 0 Å². The Morgan fingerprint density at radius 3 is 2.67 bits per heavy atom. The van der Waals surface area contributed by atoms with Gasteiger partial charge in [-0.2, -0.15) is 0 Å². The molecular formula is C13H16ClNO3. The van der Waals surface area contributed by atoms with Crippen molar-refractivity contribution in [2.24, 2.45) is 0 Å².